The summed E-state index contributed by atoms with van der Waals surface area (Å²) in [5, 5.41) is 9.90. The fourth-order valence-electron chi connectivity index (χ4n) is 2.14. The first-order chi connectivity index (χ1) is 10.2. The number of carbonyl (C=O) groups excluding carboxylic acids is 1. The van der Waals surface area contributed by atoms with Crippen LogP contribution in [-0.4, -0.2) is 17.0 Å². The molecule has 1 atom stereocenters. The van der Waals surface area contributed by atoms with E-state index in [4.69, 9.17) is 0 Å². The first-order valence-electron chi connectivity index (χ1n) is 7.21. The number of allylic oxidation sites excluding steroid dienone is 1. The summed E-state index contributed by atoms with van der Waals surface area (Å²) in [5.41, 5.74) is 2.22. The molecule has 0 bridgehead atoms. The molecule has 0 heterocycles. The molecule has 108 valence electrons. The lowest BCUT2D eigenvalue weighted by Gasteiger charge is -2.05. The van der Waals surface area contributed by atoms with Crippen LogP contribution in [0.15, 0.2) is 72.8 Å². The summed E-state index contributed by atoms with van der Waals surface area (Å²) < 4.78 is 0. The van der Waals surface area contributed by atoms with Gasteiger partial charge in [-0.3, -0.25) is 4.79 Å². The molecule has 0 radical (unpaired) electrons. The van der Waals surface area contributed by atoms with Crippen LogP contribution in [0.4, 0.5) is 0 Å². The van der Waals surface area contributed by atoms with Gasteiger partial charge in [0.25, 0.3) is 0 Å². The van der Waals surface area contributed by atoms with Crippen molar-refractivity contribution in [3.63, 3.8) is 0 Å². The van der Waals surface area contributed by atoms with Crippen LogP contribution in [0.3, 0.4) is 0 Å². The van der Waals surface area contributed by atoms with Crippen molar-refractivity contribution in [3.05, 3.63) is 83.9 Å². The molecule has 2 aromatic rings. The molecule has 0 aliphatic rings. The molecule has 0 aromatic heterocycles. The Hall–Kier alpha value is -2.19. The molecular formula is C19H20O2. The van der Waals surface area contributed by atoms with Crippen LogP contribution in [0.2, 0.25) is 0 Å². The van der Waals surface area contributed by atoms with E-state index in [9.17, 15) is 9.90 Å². The number of hydrogen-bond donors (Lipinski definition) is 1. The van der Waals surface area contributed by atoms with Crippen molar-refractivity contribution in [2.45, 2.75) is 25.4 Å². The predicted molar refractivity (Wildman–Crippen MR) is 85.1 cm³/mol. The van der Waals surface area contributed by atoms with Gasteiger partial charge >= 0.3 is 0 Å². The van der Waals surface area contributed by atoms with E-state index in [1.54, 1.807) is 6.08 Å². The molecule has 2 rings (SSSR count). The van der Waals surface area contributed by atoms with Crippen molar-refractivity contribution in [2.24, 2.45) is 0 Å². The van der Waals surface area contributed by atoms with E-state index >= 15 is 0 Å². The minimum atomic E-state index is -0.618. The molecule has 0 saturated heterocycles. The molecule has 2 heteroatoms. The fourth-order valence-corrected chi connectivity index (χ4v) is 2.14. The Kier molecular flexibility index (Phi) is 5.92. The Morgan fingerprint density at radius 2 is 1.52 bits per heavy atom. The maximum Gasteiger partial charge on any atom is 0.155 e. The maximum absolute atomic E-state index is 11.8. The summed E-state index contributed by atoms with van der Waals surface area (Å²) in [6, 6.07) is 19.7. The molecule has 0 unspecified atom stereocenters. The van der Waals surface area contributed by atoms with Crippen molar-refractivity contribution in [1.82, 2.24) is 0 Å². The minimum absolute atomic E-state index is 0.0472. The number of ketones is 1. The van der Waals surface area contributed by atoms with E-state index in [0.29, 0.717) is 12.8 Å². The number of aliphatic hydroxyl groups is 1. The fraction of sp³-hybridized carbons (Fsp3) is 0.211. The van der Waals surface area contributed by atoms with Gasteiger partial charge in [0.15, 0.2) is 5.78 Å². The Balaban J connectivity index is 1.76. The van der Waals surface area contributed by atoms with Gasteiger partial charge in [-0.15, -0.1) is 0 Å². The first kappa shape index (κ1) is 15.2. The Bertz CT molecular complexity index is 573. The van der Waals surface area contributed by atoms with E-state index in [-0.39, 0.29) is 5.78 Å². The minimum Gasteiger partial charge on any atom is -0.389 e. The van der Waals surface area contributed by atoms with Gasteiger partial charge < -0.3 is 5.11 Å². The largest absolute Gasteiger partial charge is 0.389 e. The number of carbonyl (C=O) groups is 1. The van der Waals surface area contributed by atoms with E-state index in [0.717, 1.165) is 17.5 Å². The SMILES string of the molecule is O=C(/C=C/[C@@H](O)Cc1ccccc1)CCc1ccccc1. The molecule has 0 saturated carbocycles. The van der Waals surface area contributed by atoms with Gasteiger partial charge in [-0.05, 0) is 23.6 Å². The van der Waals surface area contributed by atoms with Crippen LogP contribution in [0.1, 0.15) is 17.5 Å². The highest BCUT2D eigenvalue weighted by atomic mass is 16.3. The Labute approximate surface area is 125 Å². The quantitative estimate of drug-likeness (QED) is 0.790. The number of benzene rings is 2. The van der Waals surface area contributed by atoms with E-state index in [2.05, 4.69) is 0 Å². The standard InChI is InChI=1S/C19H20O2/c20-18(12-11-16-7-3-1-4-8-16)13-14-19(21)15-17-9-5-2-6-10-17/h1-10,13-14,19,21H,11-12,15H2/b14-13+/t19-/m1/s1. The average molecular weight is 280 g/mol. The van der Waals surface area contributed by atoms with Crippen LogP contribution in [-0.2, 0) is 17.6 Å². The third-order valence-corrected chi connectivity index (χ3v) is 3.29. The molecule has 0 aliphatic carbocycles. The zero-order valence-electron chi connectivity index (χ0n) is 12.0. The van der Waals surface area contributed by atoms with Crippen LogP contribution in [0.5, 0.6) is 0 Å². The summed E-state index contributed by atoms with van der Waals surface area (Å²) in [5.74, 6) is 0.0472. The second-order valence-corrected chi connectivity index (χ2v) is 5.07. The molecule has 0 aliphatic heterocycles. The summed E-state index contributed by atoms with van der Waals surface area (Å²) in [4.78, 5) is 11.8. The third-order valence-electron chi connectivity index (χ3n) is 3.29. The molecule has 1 N–H and O–H groups in total. The zero-order chi connectivity index (χ0) is 14.9. The molecule has 2 aromatic carbocycles. The lowest BCUT2D eigenvalue weighted by Crippen LogP contribution is -2.07. The van der Waals surface area contributed by atoms with Gasteiger partial charge in [0.05, 0.1) is 6.10 Å². The topological polar surface area (TPSA) is 37.3 Å². The number of aliphatic hydroxyl groups excluding tert-OH is 1. The predicted octanol–water partition coefficient (Wildman–Crippen LogP) is 3.35. The summed E-state index contributed by atoms with van der Waals surface area (Å²) in [6.45, 7) is 0. The van der Waals surface area contributed by atoms with Crippen molar-refractivity contribution in [2.75, 3.05) is 0 Å². The van der Waals surface area contributed by atoms with Gasteiger partial charge in [0.2, 0.25) is 0 Å². The highest BCUT2D eigenvalue weighted by molar-refractivity contribution is 5.89. The molecule has 0 fully saturated rings. The van der Waals surface area contributed by atoms with Crippen molar-refractivity contribution < 1.29 is 9.90 Å². The van der Waals surface area contributed by atoms with Gasteiger partial charge in [-0.25, -0.2) is 0 Å². The van der Waals surface area contributed by atoms with Crippen molar-refractivity contribution in [1.29, 1.82) is 0 Å². The van der Waals surface area contributed by atoms with Gasteiger partial charge in [-0.2, -0.15) is 0 Å². The highest BCUT2D eigenvalue weighted by Gasteiger charge is 2.03. The second kappa shape index (κ2) is 8.18. The number of rotatable bonds is 7. The van der Waals surface area contributed by atoms with Crippen molar-refractivity contribution in [3.8, 4) is 0 Å². The van der Waals surface area contributed by atoms with Gasteiger partial charge in [0.1, 0.15) is 0 Å². The molecule has 21 heavy (non-hydrogen) atoms. The monoisotopic (exact) mass is 280 g/mol. The summed E-state index contributed by atoms with van der Waals surface area (Å²) in [7, 11) is 0. The van der Waals surface area contributed by atoms with Gasteiger partial charge in [0, 0.05) is 12.8 Å². The van der Waals surface area contributed by atoms with Crippen LogP contribution >= 0.6 is 0 Å². The smallest absolute Gasteiger partial charge is 0.155 e. The molecule has 2 nitrogen and oxygen atoms in total. The summed E-state index contributed by atoms with van der Waals surface area (Å²) >= 11 is 0. The van der Waals surface area contributed by atoms with Crippen LogP contribution in [0.25, 0.3) is 0 Å². The third kappa shape index (κ3) is 5.76. The first-order valence-corrected chi connectivity index (χ1v) is 7.21. The Morgan fingerprint density at radius 1 is 0.952 bits per heavy atom. The lowest BCUT2D eigenvalue weighted by molar-refractivity contribution is -0.114. The normalized spacial score (nSPS) is 12.4. The van der Waals surface area contributed by atoms with Crippen LogP contribution in [0, 0.1) is 0 Å². The number of hydrogen-bond acceptors (Lipinski definition) is 2. The van der Waals surface area contributed by atoms with Crippen LogP contribution < -0.4 is 0 Å². The zero-order valence-corrected chi connectivity index (χ0v) is 12.0. The lowest BCUT2D eigenvalue weighted by atomic mass is 10.1. The molecule has 0 amide bonds. The van der Waals surface area contributed by atoms with E-state index in [1.807, 2.05) is 60.7 Å². The van der Waals surface area contributed by atoms with E-state index < -0.39 is 6.10 Å². The molecule has 0 spiro atoms. The summed E-state index contributed by atoms with van der Waals surface area (Å²) in [6.07, 6.45) is 4.20. The maximum atomic E-state index is 11.8. The Morgan fingerprint density at radius 3 is 2.14 bits per heavy atom. The van der Waals surface area contributed by atoms with Gasteiger partial charge in [-0.1, -0.05) is 66.7 Å². The average Bonchev–Trinajstić information content (AvgIpc) is 2.53. The number of aryl methyl sites for hydroxylation is 1. The van der Waals surface area contributed by atoms with Crippen molar-refractivity contribution >= 4 is 5.78 Å². The second-order valence-electron chi connectivity index (χ2n) is 5.07. The van der Waals surface area contributed by atoms with E-state index in [1.165, 1.54) is 6.08 Å². The molecular weight excluding hydrogens is 260 g/mol. The highest BCUT2D eigenvalue weighted by Crippen LogP contribution is 2.06.